The Balaban J connectivity index is 1.17. The van der Waals surface area contributed by atoms with Gasteiger partial charge in [0.1, 0.15) is 6.04 Å². The van der Waals surface area contributed by atoms with Crippen LogP contribution in [0.4, 0.5) is 0 Å². The maximum Gasteiger partial charge on any atom is 0.251 e. The van der Waals surface area contributed by atoms with Crippen LogP contribution in [0.5, 0.6) is 0 Å². The minimum Gasteiger partial charge on any atom is -0.385 e. The SMILES string of the molecule is COCCCNC(=O)C(Cc1c[nH]c2ccccc12)NC(=O)c1ccc(C23CC4CC(CC(C4)C2)C3)cc1. The number of para-hydroxylation sites is 1. The third kappa shape index (κ3) is 4.98. The first-order chi connectivity index (χ1) is 18.5. The van der Waals surface area contributed by atoms with E-state index >= 15 is 0 Å². The molecule has 0 saturated heterocycles. The molecule has 200 valence electrons. The van der Waals surface area contributed by atoms with Gasteiger partial charge in [0.05, 0.1) is 0 Å². The normalized spacial score (nSPS) is 26.4. The fourth-order valence-corrected chi connectivity index (χ4v) is 7.96. The van der Waals surface area contributed by atoms with E-state index in [-0.39, 0.29) is 11.8 Å². The monoisotopic (exact) mass is 513 g/mol. The summed E-state index contributed by atoms with van der Waals surface area (Å²) in [5.41, 5.74) is 4.35. The first kappa shape index (κ1) is 25.2. The average Bonchev–Trinajstić information content (AvgIpc) is 3.33. The molecule has 1 aromatic heterocycles. The molecule has 38 heavy (non-hydrogen) atoms. The van der Waals surface area contributed by atoms with Crippen molar-refractivity contribution in [1.82, 2.24) is 15.6 Å². The zero-order chi connectivity index (χ0) is 26.1. The molecule has 0 radical (unpaired) electrons. The minimum atomic E-state index is -0.674. The molecule has 4 fully saturated rings. The number of amides is 2. The quantitative estimate of drug-likeness (QED) is 0.329. The summed E-state index contributed by atoms with van der Waals surface area (Å²) in [5, 5.41) is 7.08. The fraction of sp³-hybridized carbons (Fsp3) is 0.500. The highest BCUT2D eigenvalue weighted by atomic mass is 16.5. The van der Waals surface area contributed by atoms with Crippen LogP contribution in [0.3, 0.4) is 0 Å². The molecule has 4 saturated carbocycles. The van der Waals surface area contributed by atoms with Gasteiger partial charge in [-0.3, -0.25) is 9.59 Å². The maximum atomic E-state index is 13.4. The lowest BCUT2D eigenvalue weighted by atomic mass is 9.48. The number of methoxy groups -OCH3 is 1. The van der Waals surface area contributed by atoms with Gasteiger partial charge in [-0.15, -0.1) is 0 Å². The predicted molar refractivity (Wildman–Crippen MR) is 149 cm³/mol. The molecule has 3 aromatic rings. The van der Waals surface area contributed by atoms with Crippen molar-refractivity contribution in [1.29, 1.82) is 0 Å². The Labute approximate surface area is 224 Å². The first-order valence-electron chi connectivity index (χ1n) is 14.3. The van der Waals surface area contributed by atoms with Gasteiger partial charge < -0.3 is 20.4 Å². The van der Waals surface area contributed by atoms with E-state index in [4.69, 9.17) is 4.74 Å². The van der Waals surface area contributed by atoms with Crippen LogP contribution in [0.1, 0.15) is 66.4 Å². The van der Waals surface area contributed by atoms with Crippen LogP contribution >= 0.6 is 0 Å². The van der Waals surface area contributed by atoms with E-state index in [1.165, 1.54) is 44.1 Å². The number of ether oxygens (including phenoxy) is 1. The molecule has 1 heterocycles. The summed E-state index contributed by atoms with van der Waals surface area (Å²) in [7, 11) is 1.65. The van der Waals surface area contributed by atoms with E-state index in [1.807, 2.05) is 42.6 Å². The van der Waals surface area contributed by atoms with E-state index in [0.29, 0.717) is 30.6 Å². The van der Waals surface area contributed by atoms with Crippen LogP contribution in [0, 0.1) is 17.8 Å². The van der Waals surface area contributed by atoms with E-state index < -0.39 is 6.04 Å². The number of carbonyl (C=O) groups is 2. The van der Waals surface area contributed by atoms with Crippen molar-refractivity contribution in [3.05, 3.63) is 71.4 Å². The molecule has 4 aliphatic carbocycles. The Bertz CT molecular complexity index is 1260. The van der Waals surface area contributed by atoms with Crippen molar-refractivity contribution in [2.75, 3.05) is 20.3 Å². The Morgan fingerprint density at radius 3 is 2.37 bits per heavy atom. The van der Waals surface area contributed by atoms with Gasteiger partial charge in [-0.2, -0.15) is 0 Å². The van der Waals surface area contributed by atoms with Crippen molar-refractivity contribution in [2.45, 2.75) is 62.8 Å². The maximum absolute atomic E-state index is 13.4. The summed E-state index contributed by atoms with van der Waals surface area (Å²) >= 11 is 0. The zero-order valence-electron chi connectivity index (χ0n) is 22.3. The van der Waals surface area contributed by atoms with Gasteiger partial charge in [0.2, 0.25) is 5.91 Å². The Morgan fingerprint density at radius 2 is 1.68 bits per heavy atom. The number of benzene rings is 2. The summed E-state index contributed by atoms with van der Waals surface area (Å²) in [4.78, 5) is 29.8. The van der Waals surface area contributed by atoms with Gasteiger partial charge >= 0.3 is 0 Å². The largest absolute Gasteiger partial charge is 0.385 e. The number of rotatable bonds is 10. The van der Waals surface area contributed by atoms with Crippen molar-refractivity contribution in [3.63, 3.8) is 0 Å². The van der Waals surface area contributed by atoms with Gasteiger partial charge in [-0.1, -0.05) is 30.3 Å². The number of fused-ring (bicyclic) bond motifs is 1. The molecule has 6 nitrogen and oxygen atoms in total. The van der Waals surface area contributed by atoms with Gasteiger partial charge in [-0.05, 0) is 97.4 Å². The number of aromatic nitrogens is 1. The standard InChI is InChI=1S/C32H39N3O3/c1-38-12-4-11-33-31(37)29(16-25-20-34-28-6-3-2-5-27(25)28)35-30(36)24-7-9-26(10-8-24)32-17-21-13-22(18-32)15-23(14-21)19-32/h2-3,5-10,20-23,29,34H,4,11-19H2,1H3,(H,33,37)(H,35,36). The fourth-order valence-electron chi connectivity index (χ4n) is 7.96. The average molecular weight is 514 g/mol. The smallest absolute Gasteiger partial charge is 0.251 e. The Morgan fingerprint density at radius 1 is 1.00 bits per heavy atom. The molecule has 1 unspecified atom stereocenters. The molecule has 4 aliphatic rings. The number of aromatic amines is 1. The van der Waals surface area contributed by atoms with E-state index in [9.17, 15) is 9.59 Å². The second-order valence-corrected chi connectivity index (χ2v) is 12.0. The van der Waals surface area contributed by atoms with Crippen LogP contribution < -0.4 is 10.6 Å². The van der Waals surface area contributed by atoms with Crippen LogP contribution in [0.25, 0.3) is 10.9 Å². The number of hydrogen-bond donors (Lipinski definition) is 3. The first-order valence-corrected chi connectivity index (χ1v) is 14.3. The van der Waals surface area contributed by atoms with Crippen molar-refractivity contribution >= 4 is 22.7 Å². The van der Waals surface area contributed by atoms with E-state index in [2.05, 4.69) is 27.8 Å². The van der Waals surface area contributed by atoms with E-state index in [1.54, 1.807) is 7.11 Å². The number of carbonyl (C=O) groups excluding carboxylic acids is 2. The molecule has 1 atom stereocenters. The van der Waals surface area contributed by atoms with Gasteiger partial charge in [0, 0.05) is 49.3 Å². The zero-order valence-corrected chi connectivity index (χ0v) is 22.3. The van der Waals surface area contributed by atoms with Crippen molar-refractivity contribution in [2.24, 2.45) is 17.8 Å². The third-order valence-corrected chi connectivity index (χ3v) is 9.34. The molecule has 0 aliphatic heterocycles. The summed E-state index contributed by atoms with van der Waals surface area (Å²) < 4.78 is 5.10. The highest BCUT2D eigenvalue weighted by Gasteiger charge is 2.51. The van der Waals surface area contributed by atoms with Gasteiger partial charge in [0.25, 0.3) is 5.91 Å². The third-order valence-electron chi connectivity index (χ3n) is 9.34. The molecule has 0 spiro atoms. The van der Waals surface area contributed by atoms with Crippen molar-refractivity contribution < 1.29 is 14.3 Å². The second kappa shape index (κ2) is 10.6. The van der Waals surface area contributed by atoms with Crippen LogP contribution in [0.15, 0.2) is 54.7 Å². The summed E-state index contributed by atoms with van der Waals surface area (Å²) in [6.45, 7) is 1.09. The molecule has 3 N–H and O–H groups in total. The van der Waals surface area contributed by atoms with Crippen molar-refractivity contribution in [3.8, 4) is 0 Å². The van der Waals surface area contributed by atoms with E-state index in [0.717, 1.165) is 40.6 Å². The molecule has 2 amide bonds. The number of H-pyrrole nitrogens is 1. The lowest BCUT2D eigenvalue weighted by molar-refractivity contribution is -0.123. The highest BCUT2D eigenvalue weighted by molar-refractivity contribution is 5.98. The Kier molecular flexibility index (Phi) is 7.00. The molecule has 6 heteroatoms. The predicted octanol–water partition coefficient (Wildman–Crippen LogP) is 5.13. The lowest BCUT2D eigenvalue weighted by Crippen LogP contribution is -2.49. The summed E-state index contributed by atoms with van der Waals surface area (Å²) in [5.74, 6) is 2.27. The lowest BCUT2D eigenvalue weighted by Gasteiger charge is -2.57. The highest BCUT2D eigenvalue weighted by Crippen LogP contribution is 2.60. The number of nitrogens with one attached hydrogen (secondary N) is 3. The summed E-state index contributed by atoms with van der Waals surface area (Å²) in [6.07, 6.45) is 11.3. The van der Waals surface area contributed by atoms with Crippen LogP contribution in [0.2, 0.25) is 0 Å². The minimum absolute atomic E-state index is 0.176. The summed E-state index contributed by atoms with van der Waals surface area (Å²) in [6, 6.07) is 15.6. The molecule has 4 bridgehead atoms. The topological polar surface area (TPSA) is 83.2 Å². The second-order valence-electron chi connectivity index (χ2n) is 12.0. The van der Waals surface area contributed by atoms with Crippen LogP contribution in [-0.4, -0.2) is 43.1 Å². The molecular formula is C32H39N3O3. The van der Waals surface area contributed by atoms with Gasteiger partial charge in [0.15, 0.2) is 0 Å². The molecular weight excluding hydrogens is 474 g/mol. The molecule has 2 aromatic carbocycles. The van der Waals surface area contributed by atoms with Gasteiger partial charge in [-0.25, -0.2) is 0 Å². The Hall–Kier alpha value is -3.12. The number of hydrogen-bond acceptors (Lipinski definition) is 3. The van der Waals surface area contributed by atoms with Crippen LogP contribution in [-0.2, 0) is 21.4 Å². The molecule has 7 rings (SSSR count).